The van der Waals surface area contributed by atoms with E-state index in [9.17, 15) is 5.11 Å². The Labute approximate surface area is 73.4 Å². The number of rotatable bonds is 6. The van der Waals surface area contributed by atoms with E-state index in [-0.39, 0.29) is 6.61 Å². The van der Waals surface area contributed by atoms with Crippen LogP contribution in [0.3, 0.4) is 0 Å². The molecule has 0 unspecified atom stereocenters. The van der Waals surface area contributed by atoms with Gasteiger partial charge in [-0.1, -0.05) is 19.1 Å². The van der Waals surface area contributed by atoms with Crippen LogP contribution in [0.25, 0.3) is 0 Å². The molecule has 0 fully saturated rings. The van der Waals surface area contributed by atoms with Crippen molar-refractivity contribution in [2.75, 3.05) is 6.61 Å². The summed E-state index contributed by atoms with van der Waals surface area (Å²) < 4.78 is 0. The first-order valence-electron chi connectivity index (χ1n) is 4.34. The molecule has 3 nitrogen and oxygen atoms in total. The van der Waals surface area contributed by atoms with Crippen LogP contribution in [-0.2, 0) is 0 Å². The minimum atomic E-state index is -0.640. The normalized spacial score (nSPS) is 16.7. The molecule has 72 valence electrons. The average molecular weight is 174 g/mol. The van der Waals surface area contributed by atoms with Crippen molar-refractivity contribution in [1.29, 1.82) is 0 Å². The Hall–Kier alpha value is -0.380. The van der Waals surface area contributed by atoms with E-state index in [4.69, 9.17) is 10.2 Å². The first kappa shape index (κ1) is 11.6. The Bertz CT molecular complexity index is 123. The van der Waals surface area contributed by atoms with Crippen molar-refractivity contribution in [3.8, 4) is 0 Å². The minimum Gasteiger partial charge on any atom is -0.392 e. The second-order valence-electron chi connectivity index (χ2n) is 2.77. The maximum absolute atomic E-state index is 9.27. The summed E-state index contributed by atoms with van der Waals surface area (Å²) in [6.07, 6.45) is 3.98. The monoisotopic (exact) mass is 174 g/mol. The van der Waals surface area contributed by atoms with E-state index < -0.39 is 12.2 Å². The van der Waals surface area contributed by atoms with E-state index in [0.717, 1.165) is 0 Å². The fourth-order valence-corrected chi connectivity index (χ4v) is 0.924. The maximum Gasteiger partial charge on any atom is 0.0802 e. The molecule has 0 aromatic heterocycles. The van der Waals surface area contributed by atoms with Crippen LogP contribution in [0.15, 0.2) is 12.2 Å². The molecule has 0 aromatic rings. The van der Waals surface area contributed by atoms with E-state index in [2.05, 4.69) is 0 Å². The molecule has 0 radical (unpaired) electrons. The Kier molecular flexibility index (Phi) is 7.05. The second-order valence-corrected chi connectivity index (χ2v) is 2.77. The largest absolute Gasteiger partial charge is 0.392 e. The van der Waals surface area contributed by atoms with Gasteiger partial charge >= 0.3 is 0 Å². The molecular formula is C9H18O3. The fourth-order valence-electron chi connectivity index (χ4n) is 0.924. The van der Waals surface area contributed by atoms with Crippen molar-refractivity contribution >= 4 is 0 Å². The lowest BCUT2D eigenvalue weighted by Gasteiger charge is -2.14. The summed E-state index contributed by atoms with van der Waals surface area (Å²) in [5.74, 6) is 0. The zero-order valence-corrected chi connectivity index (χ0v) is 7.48. The van der Waals surface area contributed by atoms with Crippen LogP contribution in [0, 0.1) is 0 Å². The lowest BCUT2D eigenvalue weighted by molar-refractivity contribution is 0.0134. The first-order valence-corrected chi connectivity index (χ1v) is 4.34. The van der Waals surface area contributed by atoms with E-state index >= 15 is 0 Å². The smallest absolute Gasteiger partial charge is 0.0802 e. The summed E-state index contributed by atoms with van der Waals surface area (Å²) in [4.78, 5) is 0. The third kappa shape index (κ3) is 5.29. The maximum atomic E-state index is 9.27. The quantitative estimate of drug-likeness (QED) is 0.512. The second kappa shape index (κ2) is 7.28. The molecule has 0 saturated heterocycles. The number of hydrogen-bond donors (Lipinski definition) is 3. The zero-order chi connectivity index (χ0) is 9.40. The van der Waals surface area contributed by atoms with Crippen LogP contribution in [0.1, 0.15) is 26.2 Å². The Balaban J connectivity index is 3.43. The van der Waals surface area contributed by atoms with E-state index in [1.165, 1.54) is 0 Å². The third-order valence-corrected chi connectivity index (χ3v) is 1.76. The van der Waals surface area contributed by atoms with Gasteiger partial charge in [0.1, 0.15) is 0 Å². The highest BCUT2D eigenvalue weighted by molar-refractivity contribution is 4.82. The van der Waals surface area contributed by atoms with Crippen molar-refractivity contribution in [3.05, 3.63) is 12.2 Å². The van der Waals surface area contributed by atoms with Crippen LogP contribution in [0.5, 0.6) is 0 Å². The molecule has 0 saturated carbocycles. The molecule has 2 atom stereocenters. The van der Waals surface area contributed by atoms with Gasteiger partial charge in [0.15, 0.2) is 0 Å². The van der Waals surface area contributed by atoms with E-state index in [0.29, 0.717) is 19.3 Å². The number of aliphatic hydroxyl groups excluding tert-OH is 3. The first-order chi connectivity index (χ1) is 5.72. The molecule has 0 heterocycles. The lowest BCUT2D eigenvalue weighted by Crippen LogP contribution is -2.24. The van der Waals surface area contributed by atoms with Gasteiger partial charge < -0.3 is 15.3 Å². The van der Waals surface area contributed by atoms with E-state index in [1.807, 2.05) is 6.92 Å². The van der Waals surface area contributed by atoms with Crippen LogP contribution >= 0.6 is 0 Å². The molecule has 0 aliphatic heterocycles. The molecule has 3 heteroatoms. The summed E-state index contributed by atoms with van der Waals surface area (Å²) in [6, 6.07) is 0. The fraction of sp³-hybridized carbons (Fsp3) is 0.778. The van der Waals surface area contributed by atoms with Gasteiger partial charge in [0.05, 0.1) is 18.8 Å². The van der Waals surface area contributed by atoms with Crippen LogP contribution in [-0.4, -0.2) is 34.1 Å². The van der Waals surface area contributed by atoms with Crippen LogP contribution in [0.4, 0.5) is 0 Å². The third-order valence-electron chi connectivity index (χ3n) is 1.76. The summed E-state index contributed by atoms with van der Waals surface area (Å²) in [6.45, 7) is 1.86. The summed E-state index contributed by atoms with van der Waals surface area (Å²) in [5, 5.41) is 26.8. The van der Waals surface area contributed by atoms with Gasteiger partial charge in [0.25, 0.3) is 0 Å². The van der Waals surface area contributed by atoms with Crippen molar-refractivity contribution in [3.63, 3.8) is 0 Å². The Morgan fingerprint density at radius 3 is 2.33 bits per heavy atom. The SMILES string of the molecule is CC[C@H](O)[C@@H](O)CC/C=C/CO. The number of hydrogen-bond acceptors (Lipinski definition) is 3. The molecule has 0 spiro atoms. The van der Waals surface area contributed by atoms with Gasteiger partial charge in [-0.3, -0.25) is 0 Å². The van der Waals surface area contributed by atoms with Gasteiger partial charge in [-0.15, -0.1) is 0 Å². The molecule has 0 aromatic carbocycles. The highest BCUT2D eigenvalue weighted by Crippen LogP contribution is 2.05. The van der Waals surface area contributed by atoms with Crippen LogP contribution in [0.2, 0.25) is 0 Å². The molecule has 3 N–H and O–H groups in total. The van der Waals surface area contributed by atoms with Crippen molar-refractivity contribution in [1.82, 2.24) is 0 Å². The van der Waals surface area contributed by atoms with Crippen molar-refractivity contribution in [2.24, 2.45) is 0 Å². The van der Waals surface area contributed by atoms with Crippen LogP contribution < -0.4 is 0 Å². The lowest BCUT2D eigenvalue weighted by atomic mass is 10.1. The van der Waals surface area contributed by atoms with Crippen molar-refractivity contribution < 1.29 is 15.3 Å². The number of allylic oxidation sites excluding steroid dienone is 1. The highest BCUT2D eigenvalue weighted by Gasteiger charge is 2.11. The molecule has 0 bridgehead atoms. The zero-order valence-electron chi connectivity index (χ0n) is 7.48. The topological polar surface area (TPSA) is 60.7 Å². The summed E-state index contributed by atoms with van der Waals surface area (Å²) in [7, 11) is 0. The molecular weight excluding hydrogens is 156 g/mol. The molecule has 0 aliphatic rings. The molecule has 0 rings (SSSR count). The van der Waals surface area contributed by atoms with Gasteiger partial charge in [-0.25, -0.2) is 0 Å². The minimum absolute atomic E-state index is 0.0342. The Morgan fingerprint density at radius 2 is 1.83 bits per heavy atom. The van der Waals surface area contributed by atoms with E-state index in [1.54, 1.807) is 12.2 Å². The van der Waals surface area contributed by atoms with Gasteiger partial charge in [0.2, 0.25) is 0 Å². The van der Waals surface area contributed by atoms with Gasteiger partial charge in [-0.05, 0) is 19.3 Å². The van der Waals surface area contributed by atoms with Gasteiger partial charge in [0, 0.05) is 0 Å². The molecule has 0 aliphatic carbocycles. The highest BCUT2D eigenvalue weighted by atomic mass is 16.3. The van der Waals surface area contributed by atoms with Gasteiger partial charge in [-0.2, -0.15) is 0 Å². The standard InChI is InChI=1S/C9H18O3/c1-2-8(11)9(12)6-4-3-5-7-10/h3,5,8-12H,2,4,6-7H2,1H3/b5-3+/t8-,9-/m0/s1. The average Bonchev–Trinajstić information content (AvgIpc) is 2.10. The molecule has 0 amide bonds. The number of aliphatic hydroxyl groups is 3. The molecule has 12 heavy (non-hydrogen) atoms. The van der Waals surface area contributed by atoms with Crippen molar-refractivity contribution in [2.45, 2.75) is 38.4 Å². The summed E-state index contributed by atoms with van der Waals surface area (Å²) >= 11 is 0. The predicted molar refractivity (Wildman–Crippen MR) is 47.8 cm³/mol. The summed E-state index contributed by atoms with van der Waals surface area (Å²) in [5.41, 5.74) is 0. The Morgan fingerprint density at radius 1 is 1.17 bits per heavy atom. The predicted octanol–water partition coefficient (Wildman–Crippen LogP) is 0.447.